The topological polar surface area (TPSA) is 49.4 Å². The van der Waals surface area contributed by atoms with E-state index in [-0.39, 0.29) is 17.9 Å². The SMILES string of the molecule is CCC(C(=O)NC1CCCCC1)N(Cc1ccc(C)cc1)C(=O)Cc1ccc(C)c(C)c1. The van der Waals surface area contributed by atoms with Crippen LogP contribution in [-0.4, -0.2) is 28.8 Å². The molecule has 1 unspecified atom stereocenters. The van der Waals surface area contributed by atoms with Crippen LogP contribution in [0, 0.1) is 20.8 Å². The number of rotatable bonds is 8. The highest BCUT2D eigenvalue weighted by Gasteiger charge is 2.30. The van der Waals surface area contributed by atoms with Crippen molar-refractivity contribution in [2.75, 3.05) is 0 Å². The second-order valence-corrected chi connectivity index (χ2v) is 9.37. The van der Waals surface area contributed by atoms with Gasteiger partial charge in [-0.3, -0.25) is 9.59 Å². The zero-order valence-corrected chi connectivity index (χ0v) is 20.1. The standard InChI is InChI=1S/C28H38N2O2/c1-5-26(28(32)29-25-9-7-6-8-10-25)30(19-23-14-11-20(2)12-15-23)27(31)18-24-16-13-21(3)22(4)17-24/h11-17,25-26H,5-10,18-19H2,1-4H3,(H,29,32). The van der Waals surface area contributed by atoms with Crippen molar-refractivity contribution in [3.8, 4) is 0 Å². The molecule has 0 aromatic heterocycles. The molecule has 0 aliphatic heterocycles. The lowest BCUT2D eigenvalue weighted by molar-refractivity contribution is -0.141. The van der Waals surface area contributed by atoms with Crippen molar-refractivity contribution in [1.82, 2.24) is 10.2 Å². The molecule has 3 rings (SSSR count). The smallest absolute Gasteiger partial charge is 0.243 e. The zero-order chi connectivity index (χ0) is 23.1. The summed E-state index contributed by atoms with van der Waals surface area (Å²) in [5, 5.41) is 3.25. The molecule has 4 nitrogen and oxygen atoms in total. The molecule has 2 aromatic rings. The Morgan fingerprint density at radius 1 is 0.938 bits per heavy atom. The summed E-state index contributed by atoms with van der Waals surface area (Å²) in [5.41, 5.74) is 5.63. The molecule has 0 spiro atoms. The summed E-state index contributed by atoms with van der Waals surface area (Å²) in [6.07, 6.45) is 6.56. The van der Waals surface area contributed by atoms with Gasteiger partial charge in [0, 0.05) is 12.6 Å². The van der Waals surface area contributed by atoms with E-state index in [0.717, 1.165) is 24.0 Å². The van der Waals surface area contributed by atoms with Gasteiger partial charge in [0.1, 0.15) is 6.04 Å². The van der Waals surface area contributed by atoms with Crippen molar-refractivity contribution < 1.29 is 9.59 Å². The van der Waals surface area contributed by atoms with Crippen LogP contribution in [0.5, 0.6) is 0 Å². The second kappa shape index (κ2) is 11.3. The van der Waals surface area contributed by atoms with Crippen molar-refractivity contribution in [3.05, 3.63) is 70.3 Å². The van der Waals surface area contributed by atoms with Crippen LogP contribution in [0.1, 0.15) is 73.3 Å². The monoisotopic (exact) mass is 434 g/mol. The average Bonchev–Trinajstić information content (AvgIpc) is 2.78. The van der Waals surface area contributed by atoms with Crippen LogP contribution in [-0.2, 0) is 22.6 Å². The maximum Gasteiger partial charge on any atom is 0.243 e. The Hall–Kier alpha value is -2.62. The van der Waals surface area contributed by atoms with E-state index in [9.17, 15) is 9.59 Å². The van der Waals surface area contributed by atoms with Gasteiger partial charge in [0.25, 0.3) is 0 Å². The first kappa shape index (κ1) is 24.0. The van der Waals surface area contributed by atoms with E-state index in [1.54, 1.807) is 4.90 Å². The number of carbonyl (C=O) groups excluding carboxylic acids is 2. The van der Waals surface area contributed by atoms with E-state index in [2.05, 4.69) is 62.5 Å². The Morgan fingerprint density at radius 2 is 1.59 bits per heavy atom. The number of nitrogens with one attached hydrogen (secondary N) is 1. The first-order valence-electron chi connectivity index (χ1n) is 12.1. The van der Waals surface area contributed by atoms with E-state index in [1.165, 1.54) is 36.0 Å². The lowest BCUT2D eigenvalue weighted by Crippen LogP contribution is -2.51. The highest BCUT2D eigenvalue weighted by atomic mass is 16.2. The van der Waals surface area contributed by atoms with E-state index in [4.69, 9.17) is 0 Å². The third-order valence-electron chi connectivity index (χ3n) is 6.74. The molecule has 2 amide bonds. The third kappa shape index (κ3) is 6.44. The summed E-state index contributed by atoms with van der Waals surface area (Å²) in [5.74, 6) is -0.0144. The van der Waals surface area contributed by atoms with E-state index in [0.29, 0.717) is 19.4 Å². The molecule has 1 fully saturated rings. The molecule has 32 heavy (non-hydrogen) atoms. The fourth-order valence-corrected chi connectivity index (χ4v) is 4.54. The molecule has 1 N–H and O–H groups in total. The molecule has 0 bridgehead atoms. The van der Waals surface area contributed by atoms with Crippen LogP contribution in [0.25, 0.3) is 0 Å². The van der Waals surface area contributed by atoms with Gasteiger partial charge in [0.05, 0.1) is 6.42 Å². The van der Waals surface area contributed by atoms with Crippen molar-refractivity contribution >= 4 is 11.8 Å². The fourth-order valence-electron chi connectivity index (χ4n) is 4.54. The Morgan fingerprint density at radius 3 is 2.22 bits per heavy atom. The van der Waals surface area contributed by atoms with E-state index in [1.807, 2.05) is 13.0 Å². The van der Waals surface area contributed by atoms with E-state index < -0.39 is 6.04 Å². The highest BCUT2D eigenvalue weighted by Crippen LogP contribution is 2.20. The van der Waals surface area contributed by atoms with Gasteiger partial charge in [-0.25, -0.2) is 0 Å². The molecule has 1 atom stereocenters. The number of aryl methyl sites for hydroxylation is 3. The minimum Gasteiger partial charge on any atom is -0.352 e. The van der Waals surface area contributed by atoms with Crippen LogP contribution in [0.4, 0.5) is 0 Å². The molecule has 0 radical (unpaired) electrons. The Bertz CT molecular complexity index is 914. The molecule has 0 saturated heterocycles. The summed E-state index contributed by atoms with van der Waals surface area (Å²) < 4.78 is 0. The molecule has 1 aliphatic carbocycles. The predicted octanol–water partition coefficient (Wildman–Crippen LogP) is 5.41. The third-order valence-corrected chi connectivity index (χ3v) is 6.74. The minimum atomic E-state index is -0.461. The summed E-state index contributed by atoms with van der Waals surface area (Å²) in [7, 11) is 0. The Balaban J connectivity index is 1.81. The lowest BCUT2D eigenvalue weighted by Gasteiger charge is -2.33. The highest BCUT2D eigenvalue weighted by molar-refractivity contribution is 5.88. The summed E-state index contributed by atoms with van der Waals surface area (Å²) in [4.78, 5) is 28.6. The lowest BCUT2D eigenvalue weighted by atomic mass is 9.95. The van der Waals surface area contributed by atoms with Gasteiger partial charge in [-0.05, 0) is 62.3 Å². The van der Waals surface area contributed by atoms with Gasteiger partial charge in [0.2, 0.25) is 11.8 Å². The van der Waals surface area contributed by atoms with Gasteiger partial charge in [-0.1, -0.05) is 74.2 Å². The second-order valence-electron chi connectivity index (χ2n) is 9.37. The Labute approximate surface area is 193 Å². The van der Waals surface area contributed by atoms with Crippen LogP contribution in [0.15, 0.2) is 42.5 Å². The van der Waals surface area contributed by atoms with Crippen LogP contribution < -0.4 is 5.32 Å². The molecule has 1 saturated carbocycles. The molecule has 1 aliphatic rings. The van der Waals surface area contributed by atoms with Crippen LogP contribution in [0.2, 0.25) is 0 Å². The maximum atomic E-state index is 13.5. The number of amides is 2. The van der Waals surface area contributed by atoms with Gasteiger partial charge in [0.15, 0.2) is 0 Å². The van der Waals surface area contributed by atoms with Gasteiger partial charge < -0.3 is 10.2 Å². The van der Waals surface area contributed by atoms with Crippen LogP contribution in [0.3, 0.4) is 0 Å². The fraction of sp³-hybridized carbons (Fsp3) is 0.500. The molecular weight excluding hydrogens is 396 g/mol. The van der Waals surface area contributed by atoms with Gasteiger partial charge in [-0.15, -0.1) is 0 Å². The normalized spacial score (nSPS) is 15.2. The number of hydrogen-bond acceptors (Lipinski definition) is 2. The minimum absolute atomic E-state index is 0.000489. The zero-order valence-electron chi connectivity index (χ0n) is 20.1. The predicted molar refractivity (Wildman–Crippen MR) is 130 cm³/mol. The molecular formula is C28H38N2O2. The molecule has 2 aromatic carbocycles. The number of nitrogens with zero attached hydrogens (tertiary/aromatic N) is 1. The maximum absolute atomic E-state index is 13.5. The number of benzene rings is 2. The Kier molecular flexibility index (Phi) is 8.49. The first-order valence-corrected chi connectivity index (χ1v) is 12.1. The van der Waals surface area contributed by atoms with Gasteiger partial charge in [-0.2, -0.15) is 0 Å². The molecule has 4 heteroatoms. The number of hydrogen-bond donors (Lipinski definition) is 1. The quantitative estimate of drug-likeness (QED) is 0.604. The summed E-state index contributed by atoms with van der Waals surface area (Å²) in [6.45, 7) is 8.64. The van der Waals surface area contributed by atoms with Crippen molar-refractivity contribution in [2.24, 2.45) is 0 Å². The van der Waals surface area contributed by atoms with Crippen molar-refractivity contribution in [3.63, 3.8) is 0 Å². The molecule has 172 valence electrons. The summed E-state index contributed by atoms with van der Waals surface area (Å²) >= 11 is 0. The van der Waals surface area contributed by atoms with Crippen molar-refractivity contribution in [1.29, 1.82) is 0 Å². The van der Waals surface area contributed by atoms with E-state index >= 15 is 0 Å². The van der Waals surface area contributed by atoms with Gasteiger partial charge >= 0.3 is 0 Å². The van der Waals surface area contributed by atoms with Crippen molar-refractivity contribution in [2.45, 2.75) is 91.3 Å². The first-order chi connectivity index (χ1) is 15.4. The largest absolute Gasteiger partial charge is 0.352 e. The molecule has 0 heterocycles. The van der Waals surface area contributed by atoms with Crippen LogP contribution >= 0.6 is 0 Å². The average molecular weight is 435 g/mol. The number of carbonyl (C=O) groups is 2. The summed E-state index contributed by atoms with van der Waals surface area (Å²) in [6, 6.07) is 14.2.